The Morgan fingerprint density at radius 3 is 2.74 bits per heavy atom. The van der Waals surface area contributed by atoms with Gasteiger partial charge in [-0.05, 0) is 32.6 Å². The lowest BCUT2D eigenvalue weighted by Crippen LogP contribution is -2.55. The zero-order valence-electron chi connectivity index (χ0n) is 13.6. The van der Waals surface area contributed by atoms with E-state index in [1.54, 1.807) is 6.92 Å². The van der Waals surface area contributed by atoms with Crippen LogP contribution in [0.15, 0.2) is 15.7 Å². The molecule has 0 aliphatic carbocycles. The number of likely N-dealkylation sites (tertiary alicyclic amines) is 1. The van der Waals surface area contributed by atoms with Gasteiger partial charge in [0.25, 0.3) is 5.56 Å². The summed E-state index contributed by atoms with van der Waals surface area (Å²) in [6, 6.07) is 1.44. The van der Waals surface area contributed by atoms with Crippen molar-refractivity contribution in [2.24, 2.45) is 0 Å². The Hall–Kier alpha value is -1.44. The molecule has 7 nitrogen and oxygen atoms in total. The molecule has 3 rings (SSSR count). The maximum Gasteiger partial charge on any atom is 0.328 e. The fraction of sp³-hybridized carbons (Fsp3) is 0.750. The summed E-state index contributed by atoms with van der Waals surface area (Å²) in [6.07, 6.45) is 2.96. The Labute approximate surface area is 134 Å². The molecule has 128 valence electrons. The first-order valence-corrected chi connectivity index (χ1v) is 8.35. The van der Waals surface area contributed by atoms with Crippen molar-refractivity contribution in [1.29, 1.82) is 0 Å². The van der Waals surface area contributed by atoms with Crippen molar-refractivity contribution in [3.8, 4) is 0 Å². The van der Waals surface area contributed by atoms with Crippen molar-refractivity contribution >= 4 is 0 Å². The Morgan fingerprint density at radius 2 is 2.09 bits per heavy atom. The van der Waals surface area contributed by atoms with Gasteiger partial charge in [0.15, 0.2) is 0 Å². The summed E-state index contributed by atoms with van der Waals surface area (Å²) >= 11 is 0. The van der Waals surface area contributed by atoms with Crippen molar-refractivity contribution < 1.29 is 9.84 Å². The predicted molar refractivity (Wildman–Crippen MR) is 85.7 cm³/mol. The third-order valence-electron chi connectivity index (χ3n) is 5.12. The molecule has 2 aliphatic rings. The maximum atomic E-state index is 11.9. The number of aliphatic hydroxyl groups excluding tert-OH is 1. The minimum absolute atomic E-state index is 0.259. The predicted octanol–water partition coefficient (Wildman–Crippen LogP) is -0.149. The van der Waals surface area contributed by atoms with Crippen molar-refractivity contribution in [2.75, 3.05) is 26.2 Å². The van der Waals surface area contributed by atoms with Crippen LogP contribution in [0.3, 0.4) is 0 Å². The molecule has 7 heteroatoms. The van der Waals surface area contributed by atoms with Crippen LogP contribution >= 0.6 is 0 Å². The topological polar surface area (TPSA) is 87.6 Å². The minimum atomic E-state index is -0.382. The van der Waals surface area contributed by atoms with Crippen LogP contribution < -0.4 is 11.2 Å². The number of aliphatic hydroxyl groups is 1. The molecule has 0 amide bonds. The van der Waals surface area contributed by atoms with Crippen molar-refractivity contribution in [3.05, 3.63) is 32.6 Å². The molecule has 1 spiro atoms. The second-order valence-corrected chi connectivity index (χ2v) is 6.66. The van der Waals surface area contributed by atoms with Crippen LogP contribution in [0.25, 0.3) is 0 Å². The Kier molecular flexibility index (Phi) is 4.70. The number of aromatic nitrogens is 2. The summed E-state index contributed by atoms with van der Waals surface area (Å²) in [6.45, 7) is 5.09. The normalized spacial score (nSPS) is 24.9. The van der Waals surface area contributed by atoms with Crippen LogP contribution in [0.5, 0.6) is 0 Å². The number of hydrogen-bond donors (Lipinski definition) is 2. The summed E-state index contributed by atoms with van der Waals surface area (Å²) in [5, 5.41) is 10.2. The van der Waals surface area contributed by atoms with E-state index in [1.807, 2.05) is 0 Å². The SMILES string of the molecule is Cc1cc(=O)n(CCN2CCC3(CC2)OCCCC3O)c(=O)[nH]1. The fourth-order valence-electron chi connectivity index (χ4n) is 3.63. The smallest absolute Gasteiger partial charge is 0.328 e. The number of aromatic amines is 1. The third kappa shape index (κ3) is 3.41. The lowest BCUT2D eigenvalue weighted by Gasteiger charge is -2.46. The first-order chi connectivity index (χ1) is 11.0. The molecule has 3 heterocycles. The van der Waals surface area contributed by atoms with E-state index in [0.717, 1.165) is 45.4 Å². The number of hydrogen-bond acceptors (Lipinski definition) is 5. The summed E-state index contributed by atoms with van der Waals surface area (Å²) in [5.41, 5.74) is -0.410. The number of nitrogens with one attached hydrogen (secondary N) is 1. The first kappa shape index (κ1) is 16.4. The van der Waals surface area contributed by atoms with E-state index in [1.165, 1.54) is 10.6 Å². The van der Waals surface area contributed by atoms with Gasteiger partial charge in [0.1, 0.15) is 0 Å². The van der Waals surface area contributed by atoms with Gasteiger partial charge in [-0.1, -0.05) is 0 Å². The molecule has 23 heavy (non-hydrogen) atoms. The van der Waals surface area contributed by atoms with Gasteiger partial charge < -0.3 is 19.7 Å². The van der Waals surface area contributed by atoms with E-state index in [9.17, 15) is 14.7 Å². The number of nitrogens with zero attached hydrogens (tertiary/aromatic N) is 2. The fourth-order valence-corrected chi connectivity index (χ4v) is 3.63. The van der Waals surface area contributed by atoms with Crippen LogP contribution in [-0.2, 0) is 11.3 Å². The molecule has 2 fully saturated rings. The quantitative estimate of drug-likeness (QED) is 0.808. The van der Waals surface area contributed by atoms with Gasteiger partial charge in [0.2, 0.25) is 0 Å². The van der Waals surface area contributed by atoms with E-state index >= 15 is 0 Å². The molecule has 0 radical (unpaired) electrons. The average Bonchev–Trinajstić information content (AvgIpc) is 2.51. The van der Waals surface area contributed by atoms with Crippen molar-refractivity contribution in [2.45, 2.75) is 50.9 Å². The average molecular weight is 323 g/mol. The van der Waals surface area contributed by atoms with E-state index in [0.29, 0.717) is 18.8 Å². The molecule has 1 aromatic heterocycles. The highest BCUT2D eigenvalue weighted by atomic mass is 16.5. The second kappa shape index (κ2) is 6.59. The van der Waals surface area contributed by atoms with Crippen LogP contribution in [0, 0.1) is 6.92 Å². The first-order valence-electron chi connectivity index (χ1n) is 8.35. The molecule has 0 aromatic carbocycles. The summed E-state index contributed by atoms with van der Waals surface area (Å²) in [4.78, 5) is 28.6. The van der Waals surface area contributed by atoms with Gasteiger partial charge in [-0.25, -0.2) is 4.79 Å². The van der Waals surface area contributed by atoms with E-state index in [4.69, 9.17) is 4.74 Å². The standard InChI is InChI=1S/C16H25N3O4/c1-12-11-14(21)19(15(22)17-12)9-8-18-6-4-16(5-7-18)13(20)3-2-10-23-16/h11,13,20H,2-10H2,1H3,(H,17,22). The molecular weight excluding hydrogens is 298 g/mol. The lowest BCUT2D eigenvalue weighted by molar-refractivity contribution is -0.176. The number of aryl methyl sites for hydroxylation is 1. The Balaban J connectivity index is 1.58. The largest absolute Gasteiger partial charge is 0.390 e. The zero-order valence-corrected chi connectivity index (χ0v) is 13.6. The number of piperidine rings is 1. The monoisotopic (exact) mass is 323 g/mol. The molecule has 1 atom stereocenters. The molecule has 2 aliphatic heterocycles. The zero-order chi connectivity index (χ0) is 16.4. The number of H-pyrrole nitrogens is 1. The summed E-state index contributed by atoms with van der Waals surface area (Å²) in [7, 11) is 0. The Morgan fingerprint density at radius 1 is 1.35 bits per heavy atom. The molecule has 2 N–H and O–H groups in total. The highest BCUT2D eigenvalue weighted by molar-refractivity contribution is 4.97. The summed E-state index contributed by atoms with van der Waals surface area (Å²) < 4.78 is 7.13. The second-order valence-electron chi connectivity index (χ2n) is 6.66. The maximum absolute atomic E-state index is 11.9. The molecule has 1 aromatic rings. The van der Waals surface area contributed by atoms with Gasteiger partial charge >= 0.3 is 5.69 Å². The van der Waals surface area contributed by atoms with E-state index in [-0.39, 0.29) is 23.0 Å². The highest BCUT2D eigenvalue weighted by Crippen LogP contribution is 2.35. The van der Waals surface area contributed by atoms with Crippen LogP contribution in [0.1, 0.15) is 31.4 Å². The lowest BCUT2D eigenvalue weighted by atomic mass is 9.82. The molecule has 0 saturated carbocycles. The van der Waals surface area contributed by atoms with Crippen molar-refractivity contribution in [1.82, 2.24) is 14.5 Å². The van der Waals surface area contributed by atoms with Gasteiger partial charge in [-0.15, -0.1) is 0 Å². The third-order valence-corrected chi connectivity index (χ3v) is 5.12. The number of ether oxygens (including phenoxy) is 1. The van der Waals surface area contributed by atoms with Gasteiger partial charge in [0.05, 0.1) is 11.7 Å². The van der Waals surface area contributed by atoms with Crippen molar-refractivity contribution in [3.63, 3.8) is 0 Å². The Bertz CT molecular complexity index is 627. The van der Waals surface area contributed by atoms with Gasteiger partial charge in [-0.3, -0.25) is 9.36 Å². The molecule has 1 unspecified atom stereocenters. The van der Waals surface area contributed by atoms with E-state index in [2.05, 4.69) is 9.88 Å². The molecular formula is C16H25N3O4. The summed E-state index contributed by atoms with van der Waals surface area (Å²) in [5.74, 6) is 0. The van der Waals surface area contributed by atoms with E-state index < -0.39 is 0 Å². The van der Waals surface area contributed by atoms with Crippen LogP contribution in [0.2, 0.25) is 0 Å². The molecule has 2 saturated heterocycles. The van der Waals surface area contributed by atoms with Gasteiger partial charge in [0, 0.05) is 44.5 Å². The van der Waals surface area contributed by atoms with Crippen LogP contribution in [-0.4, -0.2) is 57.5 Å². The minimum Gasteiger partial charge on any atom is -0.390 e. The van der Waals surface area contributed by atoms with Crippen LogP contribution in [0.4, 0.5) is 0 Å². The van der Waals surface area contributed by atoms with Gasteiger partial charge in [-0.2, -0.15) is 0 Å². The number of rotatable bonds is 3. The highest BCUT2D eigenvalue weighted by Gasteiger charge is 2.43. The molecule has 0 bridgehead atoms.